The Hall–Kier alpha value is -0.420. The second kappa shape index (κ2) is 4.40. The van der Waals surface area contributed by atoms with Crippen molar-refractivity contribution >= 4 is 27.7 Å². The zero-order chi connectivity index (χ0) is 8.15. The average molecular weight is 211 g/mol. The summed E-state index contributed by atoms with van der Waals surface area (Å²) in [4.78, 5) is 20.4. The molecule has 58 valence electrons. The summed E-state index contributed by atoms with van der Waals surface area (Å²) in [5.41, 5.74) is 0. The molecule has 0 aromatic rings. The fourth-order valence-corrected chi connectivity index (χ4v) is 0.586. The van der Waals surface area contributed by atoms with Crippen molar-refractivity contribution in [2.75, 3.05) is 5.33 Å². The van der Waals surface area contributed by atoms with Crippen molar-refractivity contribution in [1.82, 2.24) is 0 Å². The van der Waals surface area contributed by atoms with Gasteiger partial charge in [-0.05, 0) is 0 Å². The minimum atomic E-state index is -1.56. The minimum Gasteiger partial charge on any atom is -0.479 e. The number of carboxylic acid groups (broad SMARTS) is 1. The van der Waals surface area contributed by atoms with Gasteiger partial charge in [-0.2, -0.15) is 0 Å². The fourth-order valence-electron chi connectivity index (χ4n) is 0.358. The molecule has 0 aliphatic rings. The Morgan fingerprint density at radius 2 is 2.00 bits per heavy atom. The molecular weight excluding hydrogens is 204 g/mol. The lowest BCUT2D eigenvalue weighted by atomic mass is 10.2. The van der Waals surface area contributed by atoms with Gasteiger partial charge in [0, 0.05) is 6.42 Å². The second-order valence-corrected chi connectivity index (χ2v) is 2.29. The fraction of sp³-hybridized carbons (Fsp3) is 0.600. The van der Waals surface area contributed by atoms with Crippen LogP contribution in [0.4, 0.5) is 0 Å². The molecule has 0 fully saturated rings. The highest BCUT2D eigenvalue weighted by atomic mass is 79.9. The van der Waals surface area contributed by atoms with Gasteiger partial charge in [-0.3, -0.25) is 4.79 Å². The van der Waals surface area contributed by atoms with Crippen molar-refractivity contribution in [2.24, 2.45) is 0 Å². The molecule has 0 saturated carbocycles. The van der Waals surface area contributed by atoms with Crippen LogP contribution in [-0.2, 0) is 9.59 Å². The number of carbonyl (C=O) groups is 2. The van der Waals surface area contributed by atoms with Crippen molar-refractivity contribution < 1.29 is 19.8 Å². The average Bonchev–Trinajstić information content (AvgIpc) is 1.87. The third-order valence-corrected chi connectivity index (χ3v) is 1.48. The molecule has 10 heavy (non-hydrogen) atoms. The van der Waals surface area contributed by atoms with Crippen molar-refractivity contribution in [3.05, 3.63) is 0 Å². The Morgan fingerprint density at radius 3 is 2.30 bits per heavy atom. The van der Waals surface area contributed by atoms with Crippen LogP contribution in [0.5, 0.6) is 0 Å². The number of ketones is 1. The van der Waals surface area contributed by atoms with E-state index >= 15 is 0 Å². The van der Waals surface area contributed by atoms with Crippen LogP contribution in [0.3, 0.4) is 0 Å². The predicted octanol–water partition coefficient (Wildman–Crippen LogP) is -0.214. The van der Waals surface area contributed by atoms with Gasteiger partial charge in [0.2, 0.25) is 0 Å². The molecule has 0 bridgehead atoms. The maximum atomic E-state index is 10.5. The highest BCUT2D eigenvalue weighted by molar-refractivity contribution is 9.09. The summed E-state index contributed by atoms with van der Waals surface area (Å²) in [6.45, 7) is 0. The van der Waals surface area contributed by atoms with E-state index in [1.807, 2.05) is 0 Å². The Labute approximate surface area is 66.0 Å². The number of hydrogen-bond donors (Lipinski definition) is 2. The molecule has 0 radical (unpaired) electrons. The first kappa shape index (κ1) is 9.58. The van der Waals surface area contributed by atoms with Gasteiger partial charge in [-0.1, -0.05) is 15.9 Å². The Morgan fingerprint density at radius 1 is 1.50 bits per heavy atom. The first-order chi connectivity index (χ1) is 4.57. The van der Waals surface area contributed by atoms with Crippen molar-refractivity contribution in [2.45, 2.75) is 12.5 Å². The lowest BCUT2D eigenvalue weighted by molar-refractivity contribution is -0.148. The number of halogens is 1. The molecule has 1 unspecified atom stereocenters. The molecule has 5 heteroatoms. The highest BCUT2D eigenvalue weighted by Gasteiger charge is 2.16. The molecule has 0 saturated heterocycles. The smallest absolute Gasteiger partial charge is 0.332 e. The van der Waals surface area contributed by atoms with Crippen molar-refractivity contribution in [1.29, 1.82) is 0 Å². The number of alkyl halides is 1. The molecule has 2 N–H and O–H groups in total. The molecular formula is C5H7BrO4. The van der Waals surface area contributed by atoms with E-state index in [1.54, 1.807) is 0 Å². The molecule has 0 aromatic heterocycles. The monoisotopic (exact) mass is 210 g/mol. The summed E-state index contributed by atoms with van der Waals surface area (Å²) >= 11 is 2.84. The quantitative estimate of drug-likeness (QED) is 0.630. The summed E-state index contributed by atoms with van der Waals surface area (Å²) < 4.78 is 0. The molecule has 0 spiro atoms. The maximum absolute atomic E-state index is 10.5. The lowest BCUT2D eigenvalue weighted by Crippen LogP contribution is -2.23. The van der Waals surface area contributed by atoms with Crippen LogP contribution in [0.25, 0.3) is 0 Å². The lowest BCUT2D eigenvalue weighted by Gasteiger charge is -2.00. The van der Waals surface area contributed by atoms with E-state index in [1.165, 1.54) is 0 Å². The number of carbonyl (C=O) groups excluding carboxylic acids is 1. The molecule has 0 aliphatic carbocycles. The first-order valence-corrected chi connectivity index (χ1v) is 3.68. The topological polar surface area (TPSA) is 74.6 Å². The van der Waals surface area contributed by atoms with Gasteiger partial charge in [0.05, 0.1) is 5.33 Å². The summed E-state index contributed by atoms with van der Waals surface area (Å²) in [7, 11) is 0. The normalized spacial score (nSPS) is 12.6. The van der Waals surface area contributed by atoms with E-state index in [-0.39, 0.29) is 17.5 Å². The van der Waals surface area contributed by atoms with Crippen molar-refractivity contribution in [3.8, 4) is 0 Å². The van der Waals surface area contributed by atoms with Gasteiger partial charge in [0.15, 0.2) is 6.10 Å². The van der Waals surface area contributed by atoms with E-state index in [4.69, 9.17) is 10.2 Å². The maximum Gasteiger partial charge on any atom is 0.332 e. The SMILES string of the molecule is O=C(CBr)CC(O)C(=O)O. The van der Waals surface area contributed by atoms with E-state index in [0.29, 0.717) is 0 Å². The Balaban J connectivity index is 3.68. The molecule has 0 aliphatic heterocycles. The summed E-state index contributed by atoms with van der Waals surface area (Å²) in [5, 5.41) is 16.8. The van der Waals surface area contributed by atoms with Gasteiger partial charge in [-0.25, -0.2) is 4.79 Å². The molecule has 0 aromatic carbocycles. The van der Waals surface area contributed by atoms with Gasteiger partial charge in [0.25, 0.3) is 0 Å². The Kier molecular flexibility index (Phi) is 4.22. The third-order valence-electron chi connectivity index (χ3n) is 0.855. The van der Waals surface area contributed by atoms with Gasteiger partial charge >= 0.3 is 5.97 Å². The summed E-state index contributed by atoms with van der Waals surface area (Å²) in [6, 6.07) is 0. The minimum absolute atomic E-state index is 0.0807. The van der Waals surface area contributed by atoms with Gasteiger partial charge in [-0.15, -0.1) is 0 Å². The molecule has 1 atom stereocenters. The van der Waals surface area contributed by atoms with Crippen LogP contribution in [0.2, 0.25) is 0 Å². The molecule has 4 nitrogen and oxygen atoms in total. The summed E-state index contributed by atoms with van der Waals surface area (Å²) in [5.74, 6) is -1.69. The van der Waals surface area contributed by atoms with Crippen LogP contribution >= 0.6 is 15.9 Å². The van der Waals surface area contributed by atoms with Crippen LogP contribution in [0.1, 0.15) is 6.42 Å². The number of rotatable bonds is 4. The Bertz CT molecular complexity index is 145. The van der Waals surface area contributed by atoms with Crippen LogP contribution in [-0.4, -0.2) is 33.4 Å². The zero-order valence-electron chi connectivity index (χ0n) is 5.08. The van der Waals surface area contributed by atoms with E-state index in [9.17, 15) is 9.59 Å². The number of aliphatic hydroxyl groups excluding tert-OH is 1. The van der Waals surface area contributed by atoms with E-state index in [2.05, 4.69) is 15.9 Å². The highest BCUT2D eigenvalue weighted by Crippen LogP contribution is 1.95. The van der Waals surface area contributed by atoms with E-state index in [0.717, 1.165) is 0 Å². The number of carboxylic acids is 1. The van der Waals surface area contributed by atoms with Gasteiger partial charge < -0.3 is 10.2 Å². The summed E-state index contributed by atoms with van der Waals surface area (Å²) in [6.07, 6.45) is -1.90. The zero-order valence-corrected chi connectivity index (χ0v) is 6.67. The number of hydrogen-bond acceptors (Lipinski definition) is 3. The van der Waals surface area contributed by atoms with E-state index < -0.39 is 12.1 Å². The number of aliphatic carboxylic acids is 1. The van der Waals surface area contributed by atoms with Crippen LogP contribution in [0.15, 0.2) is 0 Å². The van der Waals surface area contributed by atoms with Crippen LogP contribution < -0.4 is 0 Å². The van der Waals surface area contributed by atoms with Crippen LogP contribution in [0, 0.1) is 0 Å². The number of Topliss-reactive ketones (excluding diaryl/α,β-unsaturated/α-hetero) is 1. The molecule has 0 heterocycles. The standard InChI is InChI=1S/C5H7BrO4/c6-2-3(7)1-4(8)5(9)10/h4,8H,1-2H2,(H,9,10). The number of aliphatic hydroxyl groups is 1. The largest absolute Gasteiger partial charge is 0.479 e. The molecule has 0 amide bonds. The first-order valence-electron chi connectivity index (χ1n) is 2.56. The van der Waals surface area contributed by atoms with Gasteiger partial charge in [0.1, 0.15) is 5.78 Å². The predicted molar refractivity (Wildman–Crippen MR) is 37.1 cm³/mol. The second-order valence-electron chi connectivity index (χ2n) is 1.73. The van der Waals surface area contributed by atoms with Crippen molar-refractivity contribution in [3.63, 3.8) is 0 Å². The molecule has 0 rings (SSSR count). The third kappa shape index (κ3) is 3.58.